The highest BCUT2D eigenvalue weighted by molar-refractivity contribution is 7.26. The maximum atomic E-state index is 5.80. The van der Waals surface area contributed by atoms with Gasteiger partial charge < -0.3 is 0 Å². The van der Waals surface area contributed by atoms with E-state index in [1.165, 1.54) is 84.9 Å². The summed E-state index contributed by atoms with van der Waals surface area (Å²) < 4.78 is 3.84. The summed E-state index contributed by atoms with van der Waals surface area (Å²) in [5.74, 6) is 0. The van der Waals surface area contributed by atoms with E-state index in [2.05, 4.69) is 191 Å². The van der Waals surface area contributed by atoms with Gasteiger partial charge >= 0.3 is 0 Å². The van der Waals surface area contributed by atoms with Crippen molar-refractivity contribution in [3.05, 3.63) is 154 Å². The second-order valence-corrected chi connectivity index (χ2v) is 21.6. The average Bonchev–Trinajstić information content (AvgIpc) is 3.88. The molecule has 5 aromatic carbocycles. The third-order valence-corrected chi connectivity index (χ3v) is 15.5. The Morgan fingerprint density at radius 3 is 2.00 bits per heavy atom. The van der Waals surface area contributed by atoms with Gasteiger partial charge in [0.1, 0.15) is 0 Å². The van der Waals surface area contributed by atoms with Crippen LogP contribution in [0, 0.1) is 0 Å². The Bertz CT molecular complexity index is 3140. The van der Waals surface area contributed by atoms with E-state index in [1.807, 2.05) is 22.7 Å². The van der Waals surface area contributed by atoms with Crippen molar-refractivity contribution < 1.29 is 0 Å². The summed E-state index contributed by atoms with van der Waals surface area (Å²) in [6.45, 7) is 23.2. The maximum absolute atomic E-state index is 5.80. The summed E-state index contributed by atoms with van der Waals surface area (Å²) in [4.78, 5) is 12.8. The normalized spacial score (nSPS) is 14.2. The molecule has 0 fully saturated rings. The molecule has 1 aliphatic carbocycles. The zero-order chi connectivity index (χ0) is 40.5. The second kappa shape index (κ2) is 12.7. The third kappa shape index (κ3) is 5.62. The predicted octanol–water partition coefficient (Wildman–Crippen LogP) is 15.8. The first-order valence-corrected chi connectivity index (χ1v) is 22.2. The molecular formula is C54H50N2S2. The summed E-state index contributed by atoms with van der Waals surface area (Å²) in [6, 6.07) is 45.3. The molecule has 0 spiro atoms. The summed E-state index contributed by atoms with van der Waals surface area (Å²) in [5, 5.41) is 6.42. The molecule has 0 radical (unpaired) electrons. The van der Waals surface area contributed by atoms with Crippen LogP contribution < -0.4 is 0 Å². The smallest absolute Gasteiger partial charge is 0.0898 e. The fourth-order valence-electron chi connectivity index (χ4n) is 9.30. The highest BCUT2D eigenvalue weighted by Gasteiger charge is 2.38. The fraction of sp³-hybridized carbons (Fsp3) is 0.259. The lowest BCUT2D eigenvalue weighted by Gasteiger charge is -2.27. The molecule has 0 aliphatic heterocycles. The molecule has 4 heteroatoms. The van der Waals surface area contributed by atoms with E-state index < -0.39 is 5.41 Å². The van der Waals surface area contributed by atoms with Gasteiger partial charge in [0.05, 0.1) is 27.5 Å². The minimum Gasteiger partial charge on any atom is -0.252 e. The van der Waals surface area contributed by atoms with Crippen LogP contribution in [0.1, 0.15) is 102 Å². The largest absolute Gasteiger partial charge is 0.252 e. The van der Waals surface area contributed by atoms with E-state index in [4.69, 9.17) is 9.97 Å². The Balaban J connectivity index is 1.22. The zero-order valence-corrected chi connectivity index (χ0v) is 36.9. The number of nitrogens with zero attached hydrogens (tertiary/aromatic N) is 2. The minimum absolute atomic E-state index is 0.0309. The first-order chi connectivity index (χ1) is 27.5. The number of hydrogen-bond donors (Lipinski definition) is 0. The van der Waals surface area contributed by atoms with Gasteiger partial charge in [0.15, 0.2) is 0 Å². The Kier molecular flexibility index (Phi) is 8.11. The molecule has 2 nitrogen and oxygen atoms in total. The SMILES string of the molecule is CC(C)(C)c1ccc2sc3c(-c4cc5ccccc5c5cc(C(C)(C)C)sc45)nc(C(C)(C)c4cccc(-c5cccc6c5C(C)(C)c5ccccc5-6)n4)cc3c2c1. The van der Waals surface area contributed by atoms with Crippen LogP contribution in [0.2, 0.25) is 0 Å². The lowest BCUT2D eigenvalue weighted by atomic mass is 9.79. The molecule has 0 amide bonds. The van der Waals surface area contributed by atoms with Crippen molar-refractivity contribution >= 4 is 63.7 Å². The first-order valence-electron chi connectivity index (χ1n) is 20.6. The van der Waals surface area contributed by atoms with Crippen LogP contribution in [0.25, 0.3) is 74.7 Å². The van der Waals surface area contributed by atoms with Crippen molar-refractivity contribution in [1.82, 2.24) is 9.97 Å². The third-order valence-electron chi connectivity index (χ3n) is 12.7. The molecule has 0 saturated heterocycles. The summed E-state index contributed by atoms with van der Waals surface area (Å²) in [6.07, 6.45) is 0. The van der Waals surface area contributed by atoms with Gasteiger partial charge in [-0.3, -0.25) is 9.97 Å². The van der Waals surface area contributed by atoms with Gasteiger partial charge in [0.25, 0.3) is 0 Å². The van der Waals surface area contributed by atoms with E-state index >= 15 is 0 Å². The van der Waals surface area contributed by atoms with Crippen LogP contribution in [0.5, 0.6) is 0 Å². The van der Waals surface area contributed by atoms with Crippen molar-refractivity contribution in [1.29, 1.82) is 0 Å². The molecule has 9 aromatic rings. The molecule has 0 saturated carbocycles. The quantitative estimate of drug-likeness (QED) is 0.177. The van der Waals surface area contributed by atoms with Crippen LogP contribution in [0.15, 0.2) is 121 Å². The van der Waals surface area contributed by atoms with Crippen molar-refractivity contribution in [3.63, 3.8) is 0 Å². The van der Waals surface area contributed by atoms with Gasteiger partial charge in [-0.25, -0.2) is 0 Å². The molecular weight excluding hydrogens is 741 g/mol. The number of pyridine rings is 2. The average molecular weight is 791 g/mol. The highest BCUT2D eigenvalue weighted by Crippen LogP contribution is 2.52. The molecule has 0 atom stereocenters. The van der Waals surface area contributed by atoms with E-state index in [0.29, 0.717) is 0 Å². The maximum Gasteiger partial charge on any atom is 0.0898 e. The van der Waals surface area contributed by atoms with Crippen molar-refractivity contribution in [2.45, 2.75) is 90.9 Å². The van der Waals surface area contributed by atoms with Crippen LogP contribution in [-0.2, 0) is 21.7 Å². The van der Waals surface area contributed by atoms with Crippen LogP contribution in [-0.4, -0.2) is 9.97 Å². The standard InChI is InChI=1S/C54H50N2S2/c1-51(2,3)32-25-26-43-37(28-32)38-29-45(56-48(50(38)57-43)40-27-31-17-11-12-18-33(31)39-30-46(52(4,5)6)58-49(39)40)54(9,10)44-24-16-23-42(55-44)36-21-15-20-35-34-19-13-14-22-41(34)53(7,8)47(35)36/h11-30H,1-10H3. The van der Waals surface area contributed by atoms with Gasteiger partial charge in [-0.15, -0.1) is 22.7 Å². The number of rotatable bonds is 4. The molecule has 0 N–H and O–H groups in total. The summed E-state index contributed by atoms with van der Waals surface area (Å²) >= 11 is 3.80. The molecule has 288 valence electrons. The number of aromatic nitrogens is 2. The van der Waals surface area contributed by atoms with Crippen LogP contribution in [0.3, 0.4) is 0 Å². The highest BCUT2D eigenvalue weighted by atomic mass is 32.1. The van der Waals surface area contributed by atoms with E-state index in [9.17, 15) is 0 Å². The van der Waals surface area contributed by atoms with Crippen LogP contribution >= 0.6 is 22.7 Å². The van der Waals surface area contributed by atoms with Gasteiger partial charge in [0.2, 0.25) is 0 Å². The zero-order valence-electron chi connectivity index (χ0n) is 35.3. The molecule has 0 bridgehead atoms. The number of fused-ring (bicyclic) bond motifs is 9. The molecule has 10 rings (SSSR count). The van der Waals surface area contributed by atoms with Gasteiger partial charge in [0, 0.05) is 52.4 Å². The van der Waals surface area contributed by atoms with Crippen molar-refractivity contribution in [3.8, 4) is 33.6 Å². The van der Waals surface area contributed by atoms with Gasteiger partial charge in [-0.2, -0.15) is 0 Å². The minimum atomic E-state index is -0.507. The number of thiophene rings is 2. The second-order valence-electron chi connectivity index (χ2n) is 19.5. The monoisotopic (exact) mass is 790 g/mol. The molecule has 58 heavy (non-hydrogen) atoms. The number of benzene rings is 5. The fourth-order valence-corrected chi connectivity index (χ4v) is 11.7. The van der Waals surface area contributed by atoms with Crippen molar-refractivity contribution in [2.75, 3.05) is 0 Å². The molecule has 4 aromatic heterocycles. The van der Waals surface area contributed by atoms with Crippen LogP contribution in [0.4, 0.5) is 0 Å². The van der Waals surface area contributed by atoms with E-state index in [-0.39, 0.29) is 16.2 Å². The Morgan fingerprint density at radius 1 is 0.500 bits per heavy atom. The number of hydrogen-bond acceptors (Lipinski definition) is 4. The topological polar surface area (TPSA) is 25.8 Å². The summed E-state index contributed by atoms with van der Waals surface area (Å²) in [7, 11) is 0. The van der Waals surface area contributed by atoms with Gasteiger partial charge in [-0.05, 0) is 106 Å². The van der Waals surface area contributed by atoms with E-state index in [1.54, 1.807) is 0 Å². The van der Waals surface area contributed by atoms with Gasteiger partial charge in [-0.1, -0.05) is 134 Å². The molecule has 1 aliphatic rings. The Hall–Kier alpha value is -5.16. The predicted molar refractivity (Wildman–Crippen MR) is 252 cm³/mol. The summed E-state index contributed by atoms with van der Waals surface area (Å²) in [5.41, 5.74) is 12.6. The first kappa shape index (κ1) is 37.1. The molecule has 4 heterocycles. The molecule has 0 unspecified atom stereocenters. The lowest BCUT2D eigenvalue weighted by Crippen LogP contribution is -2.23. The Morgan fingerprint density at radius 2 is 1.21 bits per heavy atom. The van der Waals surface area contributed by atoms with Crippen molar-refractivity contribution in [2.24, 2.45) is 0 Å². The Labute approximate surface area is 350 Å². The van der Waals surface area contributed by atoms with E-state index in [0.717, 1.165) is 22.8 Å². The lowest BCUT2D eigenvalue weighted by molar-refractivity contribution is 0.591.